The van der Waals surface area contributed by atoms with Gasteiger partial charge in [-0.2, -0.15) is 0 Å². The third-order valence-corrected chi connectivity index (χ3v) is 5.08. The van der Waals surface area contributed by atoms with Crippen molar-refractivity contribution in [1.82, 2.24) is 14.9 Å². The van der Waals surface area contributed by atoms with Gasteiger partial charge in [0, 0.05) is 28.7 Å². The summed E-state index contributed by atoms with van der Waals surface area (Å²) in [4.78, 5) is 32.7. The van der Waals surface area contributed by atoms with Gasteiger partial charge in [0.2, 0.25) is 5.91 Å². The Morgan fingerprint density at radius 1 is 1.32 bits per heavy atom. The van der Waals surface area contributed by atoms with Gasteiger partial charge >= 0.3 is 0 Å². The van der Waals surface area contributed by atoms with E-state index in [4.69, 9.17) is 23.2 Å². The number of hydrogen-bond donors (Lipinski definition) is 1. The lowest BCUT2D eigenvalue weighted by Gasteiger charge is -2.14. The molecule has 0 bridgehead atoms. The molecule has 0 spiro atoms. The van der Waals surface area contributed by atoms with Gasteiger partial charge in [0.25, 0.3) is 5.56 Å². The standard InChI is InChI=1S/C17H13Cl2N3O2S/c1-22(9-14-20-13-7-8-25-16(13)17(24)21-14)15(23)6-5-10-11(18)3-2-4-12(10)19/h2-8H,9H2,1H3,(H,20,21,24)/b6-5+. The third kappa shape index (κ3) is 3.92. The van der Waals surface area contributed by atoms with Crippen molar-refractivity contribution in [1.29, 1.82) is 0 Å². The molecule has 5 nitrogen and oxygen atoms in total. The smallest absolute Gasteiger partial charge is 0.268 e. The van der Waals surface area contributed by atoms with E-state index < -0.39 is 0 Å². The number of nitrogens with zero attached hydrogens (tertiary/aromatic N) is 2. The Morgan fingerprint density at radius 3 is 2.76 bits per heavy atom. The summed E-state index contributed by atoms with van der Waals surface area (Å²) in [6, 6.07) is 6.91. The average molecular weight is 394 g/mol. The minimum atomic E-state index is -0.260. The minimum absolute atomic E-state index is 0.181. The Bertz CT molecular complexity index is 1010. The number of thiophene rings is 1. The number of hydrogen-bond acceptors (Lipinski definition) is 4. The maximum Gasteiger partial charge on any atom is 0.268 e. The van der Waals surface area contributed by atoms with Crippen LogP contribution in [0.3, 0.4) is 0 Å². The van der Waals surface area contributed by atoms with Crippen molar-refractivity contribution in [2.45, 2.75) is 6.54 Å². The number of carbonyl (C=O) groups is 1. The number of carbonyl (C=O) groups excluding carboxylic acids is 1. The maximum absolute atomic E-state index is 12.3. The fourth-order valence-corrected chi connectivity index (χ4v) is 3.50. The highest BCUT2D eigenvalue weighted by molar-refractivity contribution is 7.17. The minimum Gasteiger partial charge on any atom is -0.335 e. The van der Waals surface area contributed by atoms with Gasteiger partial charge in [0.05, 0.1) is 12.1 Å². The predicted octanol–water partition coefficient (Wildman–Crippen LogP) is 3.96. The number of aromatic amines is 1. The first kappa shape index (κ1) is 17.7. The second-order valence-corrected chi connectivity index (χ2v) is 7.04. The number of H-pyrrole nitrogens is 1. The Kier molecular flexibility index (Phi) is 5.22. The molecule has 0 aliphatic carbocycles. The lowest BCUT2D eigenvalue weighted by molar-refractivity contribution is -0.125. The van der Waals surface area contributed by atoms with Gasteiger partial charge in [-0.3, -0.25) is 9.59 Å². The number of nitrogens with one attached hydrogen (secondary N) is 1. The molecule has 0 unspecified atom stereocenters. The van der Waals surface area contributed by atoms with Crippen molar-refractivity contribution in [3.8, 4) is 0 Å². The van der Waals surface area contributed by atoms with Crippen LogP contribution in [0.15, 0.2) is 40.5 Å². The molecule has 1 amide bonds. The second-order valence-electron chi connectivity index (χ2n) is 5.31. The average Bonchev–Trinajstić information content (AvgIpc) is 3.03. The number of rotatable bonds is 4. The van der Waals surface area contributed by atoms with Crippen molar-refractivity contribution in [3.63, 3.8) is 0 Å². The molecule has 0 saturated carbocycles. The quantitative estimate of drug-likeness (QED) is 0.682. The number of fused-ring (bicyclic) bond motifs is 1. The molecule has 2 aromatic heterocycles. The first-order valence-corrected chi connectivity index (χ1v) is 8.93. The van der Waals surface area contributed by atoms with Crippen LogP contribution >= 0.6 is 34.5 Å². The number of likely N-dealkylation sites (N-methyl/N-ethyl adjacent to an activating group) is 1. The molecule has 1 N–H and O–H groups in total. The van der Waals surface area contributed by atoms with Gasteiger partial charge in [-0.05, 0) is 29.7 Å². The lowest BCUT2D eigenvalue weighted by Crippen LogP contribution is -2.26. The molecule has 25 heavy (non-hydrogen) atoms. The monoisotopic (exact) mass is 393 g/mol. The zero-order valence-corrected chi connectivity index (χ0v) is 15.5. The summed E-state index contributed by atoms with van der Waals surface area (Å²) in [5, 5.41) is 2.74. The molecule has 0 aliphatic rings. The van der Waals surface area contributed by atoms with Crippen molar-refractivity contribution in [2.24, 2.45) is 0 Å². The van der Waals surface area contributed by atoms with E-state index in [0.29, 0.717) is 31.6 Å². The fraction of sp³-hybridized carbons (Fsp3) is 0.118. The molecule has 1 aromatic carbocycles. The molecular weight excluding hydrogens is 381 g/mol. The summed E-state index contributed by atoms with van der Waals surface area (Å²) < 4.78 is 0.575. The van der Waals surface area contributed by atoms with Gasteiger partial charge < -0.3 is 9.88 Å². The highest BCUT2D eigenvalue weighted by atomic mass is 35.5. The zero-order chi connectivity index (χ0) is 18.0. The van der Waals surface area contributed by atoms with Crippen molar-refractivity contribution >= 4 is 56.7 Å². The molecular formula is C17H13Cl2N3O2S. The van der Waals surface area contributed by atoms with Gasteiger partial charge in [0.15, 0.2) is 0 Å². The Balaban J connectivity index is 1.76. The molecule has 0 aliphatic heterocycles. The second kappa shape index (κ2) is 7.39. The molecule has 2 heterocycles. The molecule has 128 valence electrons. The molecule has 8 heteroatoms. The molecule has 3 aromatic rings. The van der Waals surface area contributed by atoms with Crippen LogP contribution < -0.4 is 5.56 Å². The Morgan fingerprint density at radius 2 is 2.04 bits per heavy atom. The molecule has 0 atom stereocenters. The summed E-state index contributed by atoms with van der Waals surface area (Å²) in [7, 11) is 1.62. The molecule has 0 fully saturated rings. The Hall–Kier alpha value is -2.15. The van der Waals surface area contributed by atoms with E-state index in [1.807, 2.05) is 5.38 Å². The van der Waals surface area contributed by atoms with Crippen LogP contribution in [-0.4, -0.2) is 27.8 Å². The lowest BCUT2D eigenvalue weighted by atomic mass is 10.2. The topological polar surface area (TPSA) is 66.1 Å². The summed E-state index contributed by atoms with van der Waals surface area (Å²) in [6.45, 7) is 0.181. The summed E-state index contributed by atoms with van der Waals surface area (Å²) in [5.74, 6) is 0.167. The number of benzene rings is 1. The van der Waals surface area contributed by atoms with E-state index in [9.17, 15) is 9.59 Å². The van der Waals surface area contributed by atoms with Crippen molar-refractivity contribution in [2.75, 3.05) is 7.05 Å². The highest BCUT2D eigenvalue weighted by Gasteiger charge is 2.11. The van der Waals surface area contributed by atoms with Crippen LogP contribution in [0.5, 0.6) is 0 Å². The normalized spacial score (nSPS) is 11.3. The summed E-state index contributed by atoms with van der Waals surface area (Å²) in [6.07, 6.45) is 2.95. The largest absolute Gasteiger partial charge is 0.335 e. The molecule has 3 rings (SSSR count). The van der Waals surface area contributed by atoms with E-state index in [1.165, 1.54) is 22.3 Å². The van der Waals surface area contributed by atoms with Crippen LogP contribution in [0.1, 0.15) is 11.4 Å². The third-order valence-electron chi connectivity index (χ3n) is 3.52. The van der Waals surface area contributed by atoms with Crippen LogP contribution in [0.2, 0.25) is 10.0 Å². The highest BCUT2D eigenvalue weighted by Crippen LogP contribution is 2.25. The van der Waals surface area contributed by atoms with Crippen LogP contribution in [0.4, 0.5) is 0 Å². The molecule has 0 saturated heterocycles. The number of amides is 1. The molecule has 0 radical (unpaired) electrons. The Labute approximate surface area is 157 Å². The maximum atomic E-state index is 12.3. The van der Waals surface area contributed by atoms with Gasteiger partial charge in [-0.25, -0.2) is 4.98 Å². The number of halogens is 2. The summed E-state index contributed by atoms with van der Waals surface area (Å²) in [5.41, 5.74) is 1.01. The van der Waals surface area contributed by atoms with Gasteiger partial charge in [-0.15, -0.1) is 11.3 Å². The zero-order valence-electron chi connectivity index (χ0n) is 13.1. The van der Waals surface area contributed by atoms with Crippen LogP contribution in [-0.2, 0) is 11.3 Å². The van der Waals surface area contributed by atoms with Crippen LogP contribution in [0.25, 0.3) is 16.3 Å². The van der Waals surface area contributed by atoms with E-state index in [0.717, 1.165) is 0 Å². The SMILES string of the molecule is CN(Cc1nc2ccsc2c(=O)[nH]1)C(=O)/C=C/c1c(Cl)cccc1Cl. The van der Waals surface area contributed by atoms with Gasteiger partial charge in [0.1, 0.15) is 10.5 Å². The van der Waals surface area contributed by atoms with E-state index >= 15 is 0 Å². The van der Waals surface area contributed by atoms with Crippen LogP contribution in [0, 0.1) is 0 Å². The van der Waals surface area contributed by atoms with Crippen molar-refractivity contribution in [3.05, 3.63) is 67.5 Å². The fourth-order valence-electron chi connectivity index (χ4n) is 2.25. The predicted molar refractivity (Wildman–Crippen MR) is 102 cm³/mol. The van der Waals surface area contributed by atoms with E-state index in [2.05, 4.69) is 9.97 Å². The van der Waals surface area contributed by atoms with Crippen molar-refractivity contribution < 1.29 is 4.79 Å². The number of aromatic nitrogens is 2. The van der Waals surface area contributed by atoms with E-state index in [1.54, 1.807) is 37.4 Å². The van der Waals surface area contributed by atoms with E-state index in [-0.39, 0.29) is 18.0 Å². The first-order chi connectivity index (χ1) is 12.0. The first-order valence-electron chi connectivity index (χ1n) is 7.29. The van der Waals surface area contributed by atoms with Gasteiger partial charge in [-0.1, -0.05) is 29.3 Å². The summed E-state index contributed by atoms with van der Waals surface area (Å²) >= 11 is 13.5.